The molecule has 0 saturated heterocycles. The minimum Gasteiger partial charge on any atom is -0.462 e. The molecule has 162 valence electrons. The normalized spacial score (nSPS) is 12.5. The van der Waals surface area contributed by atoms with Crippen molar-refractivity contribution >= 4 is 5.97 Å². The van der Waals surface area contributed by atoms with Crippen LogP contribution in [0.5, 0.6) is 0 Å². The molecule has 2 nitrogen and oxygen atoms in total. The summed E-state index contributed by atoms with van der Waals surface area (Å²) in [5, 5.41) is 0. The average Bonchev–Trinajstić information content (AvgIpc) is 2.64. The molecule has 0 aliphatic rings. The minimum absolute atomic E-state index is 0.0385. The van der Waals surface area contributed by atoms with Gasteiger partial charge in [-0.05, 0) is 31.6 Å². The van der Waals surface area contributed by atoms with Gasteiger partial charge in [-0.3, -0.25) is 4.79 Å². The lowest BCUT2D eigenvalue weighted by molar-refractivity contribution is -0.150. The number of unbranched alkanes of at least 4 members (excludes halogenated alkanes) is 11. The number of ether oxygens (including phenoxy) is 1. The van der Waals surface area contributed by atoms with Gasteiger partial charge in [0.25, 0.3) is 0 Å². The first-order valence-corrected chi connectivity index (χ1v) is 12.3. The number of rotatable bonds is 20. The second-order valence-electron chi connectivity index (χ2n) is 8.86. The van der Waals surface area contributed by atoms with Crippen LogP contribution in [0.4, 0.5) is 0 Å². The van der Waals surface area contributed by atoms with Crippen LogP contribution < -0.4 is 0 Å². The van der Waals surface area contributed by atoms with Crippen LogP contribution >= 0.6 is 0 Å². The Morgan fingerprint density at radius 3 is 1.70 bits per heavy atom. The van der Waals surface area contributed by atoms with Gasteiger partial charge in [0.05, 0.1) is 0 Å². The van der Waals surface area contributed by atoms with E-state index in [1.807, 2.05) is 0 Å². The van der Waals surface area contributed by atoms with Gasteiger partial charge in [0.15, 0.2) is 0 Å². The number of carbonyl (C=O) groups excluding carboxylic acids is 1. The van der Waals surface area contributed by atoms with E-state index in [2.05, 4.69) is 27.7 Å². The summed E-state index contributed by atoms with van der Waals surface area (Å²) in [5.41, 5.74) is 0. The van der Waals surface area contributed by atoms with Crippen molar-refractivity contribution in [2.75, 3.05) is 0 Å². The topological polar surface area (TPSA) is 26.3 Å². The molecule has 2 heteroatoms. The van der Waals surface area contributed by atoms with Crippen LogP contribution in [-0.2, 0) is 9.53 Å². The lowest BCUT2D eigenvalue weighted by Crippen LogP contribution is -2.18. The van der Waals surface area contributed by atoms with Gasteiger partial charge in [-0.1, -0.05) is 111 Å². The highest BCUT2D eigenvalue weighted by Crippen LogP contribution is 2.17. The zero-order valence-electron chi connectivity index (χ0n) is 19.2. The third-order valence-corrected chi connectivity index (χ3v) is 5.47. The van der Waals surface area contributed by atoms with Crippen molar-refractivity contribution < 1.29 is 9.53 Å². The Bertz CT molecular complexity index is 311. The smallest absolute Gasteiger partial charge is 0.306 e. The summed E-state index contributed by atoms with van der Waals surface area (Å²) < 4.78 is 5.81. The van der Waals surface area contributed by atoms with E-state index in [4.69, 9.17) is 4.74 Å². The zero-order chi connectivity index (χ0) is 20.2. The molecule has 0 aliphatic heterocycles. The van der Waals surface area contributed by atoms with Gasteiger partial charge in [0.2, 0.25) is 0 Å². The van der Waals surface area contributed by atoms with Crippen LogP contribution in [0.25, 0.3) is 0 Å². The van der Waals surface area contributed by atoms with Crippen molar-refractivity contribution in [3.05, 3.63) is 0 Å². The largest absolute Gasteiger partial charge is 0.462 e. The van der Waals surface area contributed by atoms with E-state index in [0.717, 1.165) is 31.6 Å². The summed E-state index contributed by atoms with van der Waals surface area (Å²) in [6.07, 6.45) is 22.0. The van der Waals surface area contributed by atoms with E-state index >= 15 is 0 Å². The average molecular weight is 383 g/mol. The lowest BCUT2D eigenvalue weighted by atomic mass is 10.0. The molecule has 0 saturated carbocycles. The number of hydrogen-bond acceptors (Lipinski definition) is 2. The molecule has 0 rings (SSSR count). The van der Waals surface area contributed by atoms with Crippen molar-refractivity contribution in [1.82, 2.24) is 0 Å². The molecular weight excluding hydrogens is 332 g/mol. The Balaban J connectivity index is 3.78. The van der Waals surface area contributed by atoms with Crippen molar-refractivity contribution in [2.45, 2.75) is 149 Å². The Hall–Kier alpha value is -0.530. The zero-order valence-corrected chi connectivity index (χ0v) is 19.2. The predicted octanol–water partition coefficient (Wildman–Crippen LogP) is 8.62. The Morgan fingerprint density at radius 1 is 0.630 bits per heavy atom. The van der Waals surface area contributed by atoms with Crippen molar-refractivity contribution in [1.29, 1.82) is 0 Å². The van der Waals surface area contributed by atoms with E-state index in [9.17, 15) is 4.79 Å². The molecule has 0 aromatic rings. The van der Waals surface area contributed by atoms with Crippen LogP contribution in [0.15, 0.2) is 0 Å². The molecule has 0 radical (unpaired) electrons. The summed E-state index contributed by atoms with van der Waals surface area (Å²) in [5.74, 6) is 0.809. The number of hydrogen-bond donors (Lipinski definition) is 0. The highest BCUT2D eigenvalue weighted by atomic mass is 16.5. The van der Waals surface area contributed by atoms with Crippen molar-refractivity contribution in [3.8, 4) is 0 Å². The van der Waals surface area contributed by atoms with Crippen LogP contribution in [0, 0.1) is 5.92 Å². The quantitative estimate of drug-likeness (QED) is 0.155. The van der Waals surface area contributed by atoms with Crippen molar-refractivity contribution in [3.63, 3.8) is 0 Å². The predicted molar refractivity (Wildman–Crippen MR) is 119 cm³/mol. The highest BCUT2D eigenvalue weighted by Gasteiger charge is 2.13. The first kappa shape index (κ1) is 26.5. The molecule has 0 amide bonds. The summed E-state index contributed by atoms with van der Waals surface area (Å²) in [6.45, 7) is 9.01. The molecule has 0 fully saturated rings. The molecule has 0 aliphatic carbocycles. The maximum absolute atomic E-state index is 12.2. The standard InChI is InChI=1S/C25H50O2/c1-5-7-9-10-11-12-13-14-17-21-24(20-8-6-2)27-25(26)22-18-15-16-19-23(3)4/h23-24H,5-22H2,1-4H3. The second-order valence-corrected chi connectivity index (χ2v) is 8.86. The Kier molecular flexibility index (Phi) is 19.8. The third-order valence-electron chi connectivity index (χ3n) is 5.47. The molecule has 0 N–H and O–H groups in total. The van der Waals surface area contributed by atoms with Crippen molar-refractivity contribution in [2.24, 2.45) is 5.92 Å². The van der Waals surface area contributed by atoms with E-state index in [-0.39, 0.29) is 12.1 Å². The van der Waals surface area contributed by atoms with Gasteiger partial charge < -0.3 is 4.74 Å². The summed E-state index contributed by atoms with van der Waals surface area (Å²) in [6, 6.07) is 0. The van der Waals surface area contributed by atoms with Crippen LogP contribution in [-0.4, -0.2) is 12.1 Å². The summed E-state index contributed by atoms with van der Waals surface area (Å²) in [7, 11) is 0. The van der Waals surface area contributed by atoms with Gasteiger partial charge in [0, 0.05) is 6.42 Å². The van der Waals surface area contributed by atoms with E-state index < -0.39 is 0 Å². The first-order valence-electron chi connectivity index (χ1n) is 12.3. The molecule has 27 heavy (non-hydrogen) atoms. The molecule has 0 heterocycles. The molecule has 1 unspecified atom stereocenters. The summed E-state index contributed by atoms with van der Waals surface area (Å²) >= 11 is 0. The van der Waals surface area contributed by atoms with Crippen LogP contribution in [0.1, 0.15) is 143 Å². The first-order chi connectivity index (χ1) is 13.1. The van der Waals surface area contributed by atoms with Gasteiger partial charge in [-0.15, -0.1) is 0 Å². The SMILES string of the molecule is CCCCCCCCCCCC(CCCC)OC(=O)CCCCCC(C)C. The number of esters is 1. The second kappa shape index (κ2) is 20.2. The van der Waals surface area contributed by atoms with Crippen LogP contribution in [0.3, 0.4) is 0 Å². The highest BCUT2D eigenvalue weighted by molar-refractivity contribution is 5.69. The Morgan fingerprint density at radius 2 is 1.11 bits per heavy atom. The fourth-order valence-corrected chi connectivity index (χ4v) is 3.62. The molecule has 0 bridgehead atoms. The number of carbonyl (C=O) groups is 1. The molecular formula is C25H50O2. The van der Waals surface area contributed by atoms with Gasteiger partial charge in [0.1, 0.15) is 6.10 Å². The third kappa shape index (κ3) is 20.0. The maximum Gasteiger partial charge on any atom is 0.306 e. The fourth-order valence-electron chi connectivity index (χ4n) is 3.62. The van der Waals surface area contributed by atoms with E-state index in [1.54, 1.807) is 0 Å². The molecule has 1 atom stereocenters. The van der Waals surface area contributed by atoms with Gasteiger partial charge in [-0.25, -0.2) is 0 Å². The van der Waals surface area contributed by atoms with E-state index in [0.29, 0.717) is 6.42 Å². The minimum atomic E-state index is 0.0385. The van der Waals surface area contributed by atoms with Crippen LogP contribution in [0.2, 0.25) is 0 Å². The molecule has 0 aromatic carbocycles. The molecule has 0 spiro atoms. The lowest BCUT2D eigenvalue weighted by Gasteiger charge is -2.18. The van der Waals surface area contributed by atoms with Gasteiger partial charge in [-0.2, -0.15) is 0 Å². The van der Waals surface area contributed by atoms with Gasteiger partial charge >= 0.3 is 5.97 Å². The monoisotopic (exact) mass is 382 g/mol. The molecule has 0 aromatic heterocycles. The maximum atomic E-state index is 12.2. The fraction of sp³-hybridized carbons (Fsp3) is 0.960. The van der Waals surface area contributed by atoms with E-state index in [1.165, 1.54) is 83.5 Å². The summed E-state index contributed by atoms with van der Waals surface area (Å²) in [4.78, 5) is 12.2. The Labute approximate surface area is 171 Å².